The number of likely N-dealkylation sites (tertiary alicyclic amines) is 1. The molecule has 0 aliphatic carbocycles. The second kappa shape index (κ2) is 4.62. The number of ether oxygens (including phenoxy) is 2. The minimum Gasteiger partial charge on any atom is -0.469 e. The van der Waals surface area contributed by atoms with Crippen LogP contribution in [0.3, 0.4) is 0 Å². The summed E-state index contributed by atoms with van der Waals surface area (Å²) in [5.41, 5.74) is -1.32. The average Bonchev–Trinajstić information content (AvgIpc) is 2.62. The van der Waals surface area contributed by atoms with Gasteiger partial charge < -0.3 is 19.7 Å². The third kappa shape index (κ3) is 2.26. The van der Waals surface area contributed by atoms with Crippen LogP contribution in [0.4, 0.5) is 4.79 Å². The molecule has 2 rings (SSSR count). The molecule has 1 unspecified atom stereocenters. The van der Waals surface area contributed by atoms with Crippen molar-refractivity contribution in [2.45, 2.75) is 33.3 Å². The van der Waals surface area contributed by atoms with Gasteiger partial charge in [0.05, 0.1) is 12.5 Å². The first-order valence-corrected chi connectivity index (χ1v) is 6.91. The molecule has 2 saturated heterocycles. The Morgan fingerprint density at radius 3 is 2.30 bits per heavy atom. The molecule has 1 amide bonds. The second-order valence-electron chi connectivity index (χ2n) is 7.04. The van der Waals surface area contributed by atoms with Gasteiger partial charge in [-0.05, 0) is 27.7 Å². The summed E-state index contributed by atoms with van der Waals surface area (Å²) in [6.45, 7) is 9.80. The Morgan fingerprint density at radius 2 is 1.80 bits per heavy atom. The van der Waals surface area contributed by atoms with Gasteiger partial charge in [-0.1, -0.05) is 0 Å². The Labute approximate surface area is 119 Å². The third-order valence-electron chi connectivity index (χ3n) is 4.39. The summed E-state index contributed by atoms with van der Waals surface area (Å²) >= 11 is 0. The zero-order valence-corrected chi connectivity index (χ0v) is 12.9. The van der Waals surface area contributed by atoms with Gasteiger partial charge >= 0.3 is 12.1 Å². The number of nitrogens with zero attached hydrogens (tertiary/aromatic N) is 1. The fourth-order valence-corrected chi connectivity index (χ4v) is 3.05. The molecule has 0 radical (unpaired) electrons. The van der Waals surface area contributed by atoms with Crippen LogP contribution in [0, 0.1) is 10.8 Å². The number of methoxy groups -OCH3 is 1. The first-order chi connectivity index (χ1) is 9.13. The highest BCUT2D eigenvalue weighted by atomic mass is 16.6. The van der Waals surface area contributed by atoms with Crippen molar-refractivity contribution >= 4 is 12.1 Å². The van der Waals surface area contributed by atoms with E-state index in [9.17, 15) is 9.59 Å². The van der Waals surface area contributed by atoms with Gasteiger partial charge in [-0.3, -0.25) is 4.79 Å². The Hall–Kier alpha value is -1.30. The molecule has 0 aromatic rings. The standard InChI is InChI=1S/C14H24N2O4/c1-12(2,3)20-11(18)16-8-14(9-16)7-15-6-13(14,4)10(17)19-5/h15H,6-9H2,1-5H3. The van der Waals surface area contributed by atoms with Crippen molar-refractivity contribution < 1.29 is 19.1 Å². The lowest BCUT2D eigenvalue weighted by Crippen LogP contribution is -2.67. The van der Waals surface area contributed by atoms with Crippen LogP contribution in [0.5, 0.6) is 0 Å². The van der Waals surface area contributed by atoms with E-state index < -0.39 is 11.0 Å². The number of carbonyl (C=O) groups is 2. The Morgan fingerprint density at radius 1 is 1.20 bits per heavy atom. The summed E-state index contributed by atoms with van der Waals surface area (Å²) in [5, 5.41) is 3.25. The van der Waals surface area contributed by atoms with Gasteiger partial charge in [0.2, 0.25) is 0 Å². The zero-order valence-electron chi connectivity index (χ0n) is 12.9. The van der Waals surface area contributed by atoms with Crippen molar-refractivity contribution in [3.8, 4) is 0 Å². The normalized spacial score (nSPS) is 28.1. The Balaban J connectivity index is 2.04. The largest absolute Gasteiger partial charge is 0.469 e. The fraction of sp³-hybridized carbons (Fsp3) is 0.857. The lowest BCUT2D eigenvalue weighted by atomic mass is 9.62. The predicted octanol–water partition coefficient (Wildman–Crippen LogP) is 1.01. The molecule has 114 valence electrons. The highest BCUT2D eigenvalue weighted by Gasteiger charge is 2.64. The van der Waals surface area contributed by atoms with E-state index in [2.05, 4.69) is 5.32 Å². The van der Waals surface area contributed by atoms with Gasteiger partial charge in [0.25, 0.3) is 0 Å². The van der Waals surface area contributed by atoms with E-state index in [4.69, 9.17) is 9.47 Å². The van der Waals surface area contributed by atoms with Crippen LogP contribution >= 0.6 is 0 Å². The molecule has 2 aliphatic heterocycles. The molecule has 6 heteroatoms. The van der Waals surface area contributed by atoms with Gasteiger partial charge in [0.1, 0.15) is 5.60 Å². The maximum absolute atomic E-state index is 12.1. The highest BCUT2D eigenvalue weighted by Crippen LogP contribution is 2.50. The van der Waals surface area contributed by atoms with Crippen LogP contribution in [-0.4, -0.2) is 55.9 Å². The number of hydrogen-bond acceptors (Lipinski definition) is 5. The minimum absolute atomic E-state index is 0.216. The van der Waals surface area contributed by atoms with Crippen LogP contribution in [0.2, 0.25) is 0 Å². The summed E-state index contributed by atoms with van der Waals surface area (Å²) in [7, 11) is 1.41. The topological polar surface area (TPSA) is 67.9 Å². The number of carbonyl (C=O) groups excluding carboxylic acids is 2. The molecule has 0 saturated carbocycles. The van der Waals surface area contributed by atoms with Crippen molar-refractivity contribution in [3.63, 3.8) is 0 Å². The van der Waals surface area contributed by atoms with Crippen LogP contribution in [0.1, 0.15) is 27.7 Å². The summed E-state index contributed by atoms with van der Waals surface area (Å²) in [4.78, 5) is 25.7. The molecule has 1 atom stereocenters. The number of hydrogen-bond donors (Lipinski definition) is 1. The molecule has 0 bridgehead atoms. The van der Waals surface area contributed by atoms with E-state index in [-0.39, 0.29) is 17.5 Å². The lowest BCUT2D eigenvalue weighted by molar-refractivity contribution is -0.165. The summed E-state index contributed by atoms with van der Waals surface area (Å²) < 4.78 is 10.3. The van der Waals surface area contributed by atoms with E-state index in [0.29, 0.717) is 19.6 Å². The van der Waals surface area contributed by atoms with Crippen molar-refractivity contribution in [2.75, 3.05) is 33.3 Å². The average molecular weight is 284 g/mol. The molecule has 2 heterocycles. The Kier molecular flexibility index (Phi) is 3.48. The van der Waals surface area contributed by atoms with E-state index in [1.165, 1.54) is 7.11 Å². The maximum Gasteiger partial charge on any atom is 0.410 e. The van der Waals surface area contributed by atoms with Crippen LogP contribution in [-0.2, 0) is 14.3 Å². The number of esters is 1. The minimum atomic E-state index is -0.583. The van der Waals surface area contributed by atoms with E-state index in [0.717, 1.165) is 6.54 Å². The molecular weight excluding hydrogens is 260 g/mol. The first kappa shape index (κ1) is 15.1. The number of amides is 1. The second-order valence-corrected chi connectivity index (χ2v) is 7.04. The van der Waals surface area contributed by atoms with Crippen molar-refractivity contribution in [1.29, 1.82) is 0 Å². The lowest BCUT2D eigenvalue weighted by Gasteiger charge is -2.53. The molecule has 1 spiro atoms. The van der Waals surface area contributed by atoms with Crippen molar-refractivity contribution in [1.82, 2.24) is 10.2 Å². The van der Waals surface area contributed by atoms with Gasteiger partial charge in [-0.15, -0.1) is 0 Å². The van der Waals surface area contributed by atoms with E-state index in [1.54, 1.807) is 4.90 Å². The Bertz CT molecular complexity index is 423. The van der Waals surface area contributed by atoms with E-state index >= 15 is 0 Å². The summed E-state index contributed by atoms with van der Waals surface area (Å²) in [6.07, 6.45) is -0.317. The first-order valence-electron chi connectivity index (χ1n) is 6.91. The molecular formula is C14H24N2O4. The van der Waals surface area contributed by atoms with Gasteiger partial charge in [-0.25, -0.2) is 4.79 Å². The van der Waals surface area contributed by atoms with Crippen molar-refractivity contribution in [2.24, 2.45) is 10.8 Å². The van der Waals surface area contributed by atoms with Gasteiger partial charge in [0.15, 0.2) is 0 Å². The third-order valence-corrected chi connectivity index (χ3v) is 4.39. The summed E-state index contributed by atoms with van der Waals surface area (Å²) in [6, 6.07) is 0. The van der Waals surface area contributed by atoms with E-state index in [1.807, 2.05) is 27.7 Å². The summed E-state index contributed by atoms with van der Waals surface area (Å²) in [5.74, 6) is -0.216. The highest BCUT2D eigenvalue weighted by molar-refractivity contribution is 5.80. The molecule has 2 fully saturated rings. The van der Waals surface area contributed by atoms with Gasteiger partial charge in [-0.2, -0.15) is 0 Å². The SMILES string of the molecule is COC(=O)C1(C)CNCC12CN(C(=O)OC(C)(C)C)C2. The molecule has 2 aliphatic rings. The smallest absolute Gasteiger partial charge is 0.410 e. The number of nitrogens with one attached hydrogen (secondary N) is 1. The zero-order chi connectivity index (χ0) is 15.2. The molecule has 20 heavy (non-hydrogen) atoms. The molecule has 0 aromatic heterocycles. The fourth-order valence-electron chi connectivity index (χ4n) is 3.05. The van der Waals surface area contributed by atoms with Crippen molar-refractivity contribution in [3.05, 3.63) is 0 Å². The number of rotatable bonds is 1. The quantitative estimate of drug-likeness (QED) is 0.728. The van der Waals surface area contributed by atoms with Crippen LogP contribution in [0.15, 0.2) is 0 Å². The monoisotopic (exact) mass is 284 g/mol. The van der Waals surface area contributed by atoms with Gasteiger partial charge in [0, 0.05) is 31.6 Å². The molecule has 0 aromatic carbocycles. The molecule has 6 nitrogen and oxygen atoms in total. The van der Waals surface area contributed by atoms with Crippen LogP contribution < -0.4 is 5.32 Å². The van der Waals surface area contributed by atoms with Crippen LogP contribution in [0.25, 0.3) is 0 Å². The predicted molar refractivity (Wildman–Crippen MR) is 73.2 cm³/mol. The molecule has 1 N–H and O–H groups in total. The maximum atomic E-state index is 12.1.